The van der Waals surface area contributed by atoms with Crippen LogP contribution in [0.4, 0.5) is 5.69 Å². The molecule has 5 nitrogen and oxygen atoms in total. The Bertz CT molecular complexity index is 791. The molecule has 0 atom stereocenters. The Balaban J connectivity index is 1.88. The summed E-state index contributed by atoms with van der Waals surface area (Å²) in [6.45, 7) is 1.92. The number of fused-ring (bicyclic) bond motifs is 1. The lowest BCUT2D eigenvalue weighted by Gasteiger charge is -2.07. The lowest BCUT2D eigenvalue weighted by atomic mass is 10.2. The van der Waals surface area contributed by atoms with Gasteiger partial charge in [0, 0.05) is 18.0 Å². The van der Waals surface area contributed by atoms with Crippen molar-refractivity contribution < 1.29 is 9.53 Å². The van der Waals surface area contributed by atoms with Gasteiger partial charge in [-0.05, 0) is 43.3 Å². The Kier molecular flexibility index (Phi) is 3.31. The molecule has 2 aromatic heterocycles. The minimum atomic E-state index is -0.175. The molecule has 0 unspecified atom stereocenters. The molecule has 5 heteroatoms. The maximum Gasteiger partial charge on any atom is 0.255 e. The van der Waals surface area contributed by atoms with Gasteiger partial charge in [-0.25, -0.2) is 4.98 Å². The number of rotatable bonds is 3. The van der Waals surface area contributed by atoms with Crippen LogP contribution >= 0.6 is 0 Å². The van der Waals surface area contributed by atoms with E-state index in [0.717, 1.165) is 17.1 Å². The number of ether oxygens (including phenoxy) is 1. The summed E-state index contributed by atoms with van der Waals surface area (Å²) in [5.74, 6) is 0.545. The lowest BCUT2D eigenvalue weighted by molar-refractivity contribution is 0.102. The van der Waals surface area contributed by atoms with E-state index >= 15 is 0 Å². The number of benzene rings is 1. The molecule has 0 radical (unpaired) electrons. The first-order chi connectivity index (χ1) is 10.2. The van der Waals surface area contributed by atoms with Crippen molar-refractivity contribution in [3.05, 3.63) is 60.0 Å². The first kappa shape index (κ1) is 13.2. The minimum absolute atomic E-state index is 0.175. The van der Waals surface area contributed by atoms with Crippen LogP contribution < -0.4 is 10.1 Å². The predicted octanol–water partition coefficient (Wildman–Crippen LogP) is 2.90. The zero-order valence-corrected chi connectivity index (χ0v) is 11.8. The van der Waals surface area contributed by atoms with Crippen LogP contribution in [0, 0.1) is 6.92 Å². The van der Waals surface area contributed by atoms with Crippen molar-refractivity contribution in [2.45, 2.75) is 6.92 Å². The van der Waals surface area contributed by atoms with Crippen LogP contribution in [-0.2, 0) is 0 Å². The highest BCUT2D eigenvalue weighted by atomic mass is 16.5. The molecule has 1 aromatic carbocycles. The normalized spacial score (nSPS) is 10.6. The van der Waals surface area contributed by atoms with E-state index < -0.39 is 0 Å². The third-order valence-corrected chi connectivity index (χ3v) is 3.20. The van der Waals surface area contributed by atoms with Gasteiger partial charge in [-0.2, -0.15) is 0 Å². The number of aryl methyl sites for hydroxylation is 1. The number of hydrogen-bond acceptors (Lipinski definition) is 3. The standard InChI is InChI=1S/C16H15N3O2/c1-11-10-19-9-3-4-14(15(19)17-11)18-16(20)12-5-7-13(21-2)8-6-12/h3-10H,1-2H3,(H,18,20). The molecule has 21 heavy (non-hydrogen) atoms. The topological polar surface area (TPSA) is 55.6 Å². The Morgan fingerprint density at radius 1 is 1.24 bits per heavy atom. The average Bonchev–Trinajstić information content (AvgIpc) is 2.88. The third-order valence-electron chi connectivity index (χ3n) is 3.20. The van der Waals surface area contributed by atoms with Crippen LogP contribution in [0.2, 0.25) is 0 Å². The van der Waals surface area contributed by atoms with Crippen LogP contribution in [0.5, 0.6) is 5.75 Å². The highest BCUT2D eigenvalue weighted by Gasteiger charge is 2.10. The van der Waals surface area contributed by atoms with Crippen molar-refractivity contribution in [3.63, 3.8) is 0 Å². The number of carbonyl (C=O) groups is 1. The van der Waals surface area contributed by atoms with Crippen molar-refractivity contribution in [1.29, 1.82) is 0 Å². The number of methoxy groups -OCH3 is 1. The van der Waals surface area contributed by atoms with Gasteiger partial charge in [0.05, 0.1) is 18.5 Å². The Labute approximate surface area is 122 Å². The number of imidazole rings is 1. The van der Waals surface area contributed by atoms with E-state index in [1.54, 1.807) is 31.4 Å². The predicted molar refractivity (Wildman–Crippen MR) is 80.9 cm³/mol. The molecule has 0 aliphatic carbocycles. The monoisotopic (exact) mass is 281 g/mol. The maximum absolute atomic E-state index is 12.3. The number of pyridine rings is 1. The second kappa shape index (κ2) is 5.28. The Morgan fingerprint density at radius 3 is 2.71 bits per heavy atom. The molecule has 0 aliphatic rings. The van der Waals surface area contributed by atoms with E-state index in [-0.39, 0.29) is 5.91 Å². The molecule has 0 fully saturated rings. The van der Waals surface area contributed by atoms with Crippen molar-refractivity contribution in [3.8, 4) is 5.75 Å². The maximum atomic E-state index is 12.3. The molecule has 0 bridgehead atoms. The van der Waals surface area contributed by atoms with E-state index in [9.17, 15) is 4.79 Å². The van der Waals surface area contributed by atoms with E-state index in [2.05, 4.69) is 10.3 Å². The second-order valence-corrected chi connectivity index (χ2v) is 4.72. The molecule has 0 saturated heterocycles. The van der Waals surface area contributed by atoms with Gasteiger partial charge < -0.3 is 14.5 Å². The van der Waals surface area contributed by atoms with Gasteiger partial charge in [0.15, 0.2) is 5.65 Å². The molecular weight excluding hydrogens is 266 g/mol. The largest absolute Gasteiger partial charge is 0.497 e. The van der Waals surface area contributed by atoms with Crippen LogP contribution in [-0.4, -0.2) is 22.4 Å². The first-order valence-corrected chi connectivity index (χ1v) is 6.57. The molecule has 1 amide bonds. The smallest absolute Gasteiger partial charge is 0.255 e. The fourth-order valence-corrected chi connectivity index (χ4v) is 2.17. The SMILES string of the molecule is COc1ccc(C(=O)Nc2cccn3cc(C)nc23)cc1. The van der Waals surface area contributed by atoms with E-state index in [1.807, 2.05) is 35.9 Å². The first-order valence-electron chi connectivity index (χ1n) is 6.57. The van der Waals surface area contributed by atoms with Gasteiger partial charge in [0.2, 0.25) is 0 Å². The minimum Gasteiger partial charge on any atom is -0.497 e. The van der Waals surface area contributed by atoms with Gasteiger partial charge in [-0.3, -0.25) is 4.79 Å². The summed E-state index contributed by atoms with van der Waals surface area (Å²) >= 11 is 0. The molecule has 3 aromatic rings. The zero-order valence-electron chi connectivity index (χ0n) is 11.8. The summed E-state index contributed by atoms with van der Waals surface area (Å²) < 4.78 is 6.97. The van der Waals surface area contributed by atoms with Gasteiger partial charge in [0.1, 0.15) is 5.75 Å². The summed E-state index contributed by atoms with van der Waals surface area (Å²) in [7, 11) is 1.59. The molecule has 106 valence electrons. The van der Waals surface area contributed by atoms with Crippen LogP contribution in [0.3, 0.4) is 0 Å². The number of nitrogens with one attached hydrogen (secondary N) is 1. The van der Waals surface area contributed by atoms with Gasteiger partial charge in [-0.1, -0.05) is 0 Å². The van der Waals surface area contributed by atoms with Crippen molar-refractivity contribution in [2.24, 2.45) is 0 Å². The molecular formula is C16H15N3O2. The molecule has 2 heterocycles. The number of aromatic nitrogens is 2. The summed E-state index contributed by atoms with van der Waals surface area (Å²) in [5.41, 5.74) is 2.89. The van der Waals surface area contributed by atoms with E-state index in [0.29, 0.717) is 11.3 Å². The Morgan fingerprint density at radius 2 is 2.00 bits per heavy atom. The van der Waals surface area contributed by atoms with E-state index in [4.69, 9.17) is 4.74 Å². The molecule has 0 spiro atoms. The zero-order chi connectivity index (χ0) is 14.8. The van der Waals surface area contributed by atoms with Gasteiger partial charge in [0.25, 0.3) is 5.91 Å². The quantitative estimate of drug-likeness (QED) is 0.803. The number of nitrogens with zero attached hydrogens (tertiary/aromatic N) is 2. The summed E-state index contributed by atoms with van der Waals surface area (Å²) in [5, 5.41) is 2.89. The number of amides is 1. The summed E-state index contributed by atoms with van der Waals surface area (Å²) in [6.07, 6.45) is 3.82. The van der Waals surface area contributed by atoms with Crippen LogP contribution in [0.15, 0.2) is 48.8 Å². The highest BCUT2D eigenvalue weighted by molar-refractivity contribution is 6.06. The van der Waals surface area contributed by atoms with Crippen molar-refractivity contribution >= 4 is 17.2 Å². The van der Waals surface area contributed by atoms with Crippen LogP contribution in [0.1, 0.15) is 16.1 Å². The number of carbonyl (C=O) groups excluding carboxylic acids is 1. The number of hydrogen-bond donors (Lipinski definition) is 1. The average molecular weight is 281 g/mol. The molecule has 3 rings (SSSR count). The van der Waals surface area contributed by atoms with Gasteiger partial charge >= 0.3 is 0 Å². The second-order valence-electron chi connectivity index (χ2n) is 4.72. The van der Waals surface area contributed by atoms with Gasteiger partial charge in [-0.15, -0.1) is 0 Å². The van der Waals surface area contributed by atoms with Crippen molar-refractivity contribution in [1.82, 2.24) is 9.38 Å². The lowest BCUT2D eigenvalue weighted by Crippen LogP contribution is -2.12. The summed E-state index contributed by atoms with van der Waals surface area (Å²) in [6, 6.07) is 10.7. The highest BCUT2D eigenvalue weighted by Crippen LogP contribution is 2.18. The molecule has 1 N–H and O–H groups in total. The summed E-state index contributed by atoms with van der Waals surface area (Å²) in [4.78, 5) is 16.7. The number of anilines is 1. The fourth-order valence-electron chi connectivity index (χ4n) is 2.17. The fraction of sp³-hybridized carbons (Fsp3) is 0.125. The Hall–Kier alpha value is -2.82. The van der Waals surface area contributed by atoms with Crippen molar-refractivity contribution in [2.75, 3.05) is 12.4 Å². The molecule has 0 saturated carbocycles. The third kappa shape index (κ3) is 2.58. The van der Waals surface area contributed by atoms with E-state index in [1.165, 1.54) is 0 Å². The molecule has 0 aliphatic heterocycles. The van der Waals surface area contributed by atoms with Crippen LogP contribution in [0.25, 0.3) is 5.65 Å².